The van der Waals surface area contributed by atoms with E-state index in [1.165, 1.54) is 17.7 Å². The molecular formula is C32H43N5O5. The van der Waals surface area contributed by atoms with Gasteiger partial charge in [-0.2, -0.15) is 0 Å². The smallest absolute Gasteiger partial charge is 0.410 e. The Kier molecular flexibility index (Phi) is 10.6. The van der Waals surface area contributed by atoms with Crippen LogP contribution in [0.1, 0.15) is 42.7 Å². The van der Waals surface area contributed by atoms with Gasteiger partial charge in [0.1, 0.15) is 6.61 Å². The summed E-state index contributed by atoms with van der Waals surface area (Å²) >= 11 is 0. The second-order valence-corrected chi connectivity index (χ2v) is 11.6. The van der Waals surface area contributed by atoms with Gasteiger partial charge in [-0.05, 0) is 60.8 Å². The molecule has 3 amide bonds. The summed E-state index contributed by atoms with van der Waals surface area (Å²) in [7, 11) is 5.51. The fraction of sp³-hybridized carbons (Fsp3) is 0.500. The average molecular weight is 578 g/mol. The normalized spacial score (nSPS) is 21.0. The lowest BCUT2D eigenvalue weighted by atomic mass is 9.88. The van der Waals surface area contributed by atoms with Crippen LogP contribution in [0.4, 0.5) is 15.3 Å². The second kappa shape index (κ2) is 14.3. The number of non-ortho nitro benzene ring substituents is 1. The quantitative estimate of drug-likeness (QED) is 0.214. The summed E-state index contributed by atoms with van der Waals surface area (Å²) in [5.74, 6) is 0.820. The third-order valence-electron chi connectivity index (χ3n) is 8.69. The van der Waals surface area contributed by atoms with Crippen LogP contribution in [-0.4, -0.2) is 96.1 Å². The molecule has 2 aromatic rings. The Balaban J connectivity index is 1.34. The van der Waals surface area contributed by atoms with Gasteiger partial charge in [-0.3, -0.25) is 10.1 Å². The molecule has 3 unspecified atom stereocenters. The molecule has 1 saturated heterocycles. The molecule has 226 valence electrons. The van der Waals surface area contributed by atoms with E-state index < -0.39 is 11.0 Å². The van der Waals surface area contributed by atoms with Crippen molar-refractivity contribution in [3.05, 3.63) is 88.5 Å². The van der Waals surface area contributed by atoms with E-state index in [0.29, 0.717) is 23.9 Å². The van der Waals surface area contributed by atoms with Crippen molar-refractivity contribution in [2.45, 2.75) is 50.3 Å². The van der Waals surface area contributed by atoms with Gasteiger partial charge in [-0.25, -0.2) is 9.59 Å². The number of nitrogens with zero attached hydrogens (tertiary/aromatic N) is 5. The Hall–Kier alpha value is -3.92. The average Bonchev–Trinajstić information content (AvgIpc) is 3.42. The van der Waals surface area contributed by atoms with E-state index in [1.54, 1.807) is 42.1 Å². The number of likely N-dealkylation sites (tertiary alicyclic amines) is 1. The van der Waals surface area contributed by atoms with Gasteiger partial charge in [0.25, 0.3) is 5.69 Å². The maximum atomic E-state index is 13.0. The Morgan fingerprint density at radius 3 is 2.29 bits per heavy atom. The van der Waals surface area contributed by atoms with Crippen molar-refractivity contribution in [3.8, 4) is 0 Å². The lowest BCUT2D eigenvalue weighted by molar-refractivity contribution is -0.384. The lowest BCUT2D eigenvalue weighted by Crippen LogP contribution is -2.48. The molecule has 10 nitrogen and oxygen atoms in total. The molecule has 1 heterocycles. The molecule has 0 spiro atoms. The van der Waals surface area contributed by atoms with E-state index in [0.717, 1.165) is 45.3 Å². The number of hydrogen-bond donors (Lipinski definition) is 0. The predicted molar refractivity (Wildman–Crippen MR) is 162 cm³/mol. The van der Waals surface area contributed by atoms with E-state index in [-0.39, 0.29) is 30.4 Å². The summed E-state index contributed by atoms with van der Waals surface area (Å²) in [5.41, 5.74) is 2.03. The monoisotopic (exact) mass is 577 g/mol. The van der Waals surface area contributed by atoms with Crippen LogP contribution in [0.3, 0.4) is 0 Å². The minimum atomic E-state index is -0.453. The molecule has 42 heavy (non-hydrogen) atoms. The fourth-order valence-electron chi connectivity index (χ4n) is 6.39. The number of urea groups is 1. The standard InChI is InChI=1S/C32H43N5O5/c1-5-17-36(32(39)42-23-24-11-13-28(14-12-24)37(40)41)27-15-18-35(19-16-27)22-26-20-29(34(4)31(38)33(2)3)21-30(26)25-9-7-6-8-10-25/h5-14,26-27,29-30H,1,15-23H2,2-4H3. The first-order valence-corrected chi connectivity index (χ1v) is 14.7. The molecule has 0 aromatic heterocycles. The molecule has 2 fully saturated rings. The molecule has 1 saturated carbocycles. The summed E-state index contributed by atoms with van der Waals surface area (Å²) < 4.78 is 5.58. The van der Waals surface area contributed by atoms with Crippen LogP contribution in [0.5, 0.6) is 0 Å². The Bertz CT molecular complexity index is 1210. The van der Waals surface area contributed by atoms with Gasteiger partial charge in [-0.15, -0.1) is 6.58 Å². The Labute approximate surface area is 248 Å². The third kappa shape index (κ3) is 7.67. The van der Waals surface area contributed by atoms with Crippen LogP contribution in [0.15, 0.2) is 67.3 Å². The molecule has 0 bridgehead atoms. The highest BCUT2D eigenvalue weighted by molar-refractivity contribution is 5.74. The highest BCUT2D eigenvalue weighted by Gasteiger charge is 2.40. The molecule has 1 aliphatic heterocycles. The first-order chi connectivity index (χ1) is 20.2. The number of nitro benzene ring substituents is 1. The van der Waals surface area contributed by atoms with Crippen LogP contribution < -0.4 is 0 Å². The molecule has 10 heteroatoms. The maximum Gasteiger partial charge on any atom is 0.410 e. The van der Waals surface area contributed by atoms with Crippen molar-refractivity contribution < 1.29 is 19.2 Å². The SMILES string of the molecule is C=CCN(C(=O)OCc1ccc([N+](=O)[O-])cc1)C1CCN(CC2CC(N(C)C(=O)N(C)C)CC2c2ccccc2)CC1. The molecule has 0 N–H and O–H groups in total. The molecule has 4 rings (SSSR count). The predicted octanol–water partition coefficient (Wildman–Crippen LogP) is 5.36. The van der Waals surface area contributed by atoms with E-state index in [2.05, 4.69) is 35.7 Å². The summed E-state index contributed by atoms with van der Waals surface area (Å²) in [6.45, 7) is 7.00. The first kappa shape index (κ1) is 31.0. The molecular weight excluding hydrogens is 534 g/mol. The number of hydrogen-bond acceptors (Lipinski definition) is 6. The molecule has 2 aromatic carbocycles. The van der Waals surface area contributed by atoms with Crippen molar-refractivity contribution in [2.75, 3.05) is 47.3 Å². The van der Waals surface area contributed by atoms with Gasteiger partial charge < -0.3 is 24.3 Å². The Morgan fingerprint density at radius 2 is 1.69 bits per heavy atom. The topological polar surface area (TPSA) is 99.5 Å². The summed E-state index contributed by atoms with van der Waals surface area (Å²) in [5, 5.41) is 10.9. The minimum Gasteiger partial charge on any atom is -0.445 e. The van der Waals surface area contributed by atoms with Crippen LogP contribution in [-0.2, 0) is 11.3 Å². The van der Waals surface area contributed by atoms with Crippen LogP contribution in [0.2, 0.25) is 0 Å². The maximum absolute atomic E-state index is 13.0. The Morgan fingerprint density at radius 1 is 1.02 bits per heavy atom. The van der Waals surface area contributed by atoms with Crippen molar-refractivity contribution in [1.82, 2.24) is 19.6 Å². The fourth-order valence-corrected chi connectivity index (χ4v) is 6.39. The van der Waals surface area contributed by atoms with Crippen molar-refractivity contribution >= 4 is 17.8 Å². The van der Waals surface area contributed by atoms with Crippen LogP contribution >= 0.6 is 0 Å². The highest BCUT2D eigenvalue weighted by atomic mass is 16.6. The molecule has 1 aliphatic carbocycles. The van der Waals surface area contributed by atoms with Crippen LogP contribution in [0.25, 0.3) is 0 Å². The van der Waals surface area contributed by atoms with E-state index in [9.17, 15) is 19.7 Å². The van der Waals surface area contributed by atoms with E-state index in [4.69, 9.17) is 4.74 Å². The number of benzene rings is 2. The summed E-state index contributed by atoms with van der Waals surface area (Å²) in [6, 6.07) is 16.9. The zero-order valence-corrected chi connectivity index (χ0v) is 24.9. The van der Waals surface area contributed by atoms with E-state index in [1.807, 2.05) is 18.0 Å². The summed E-state index contributed by atoms with van der Waals surface area (Å²) in [4.78, 5) is 44.0. The molecule has 3 atom stereocenters. The second-order valence-electron chi connectivity index (χ2n) is 11.6. The molecule has 0 radical (unpaired) electrons. The number of piperidine rings is 1. The van der Waals surface area contributed by atoms with Gasteiger partial charge >= 0.3 is 12.1 Å². The van der Waals surface area contributed by atoms with Crippen molar-refractivity contribution in [1.29, 1.82) is 0 Å². The summed E-state index contributed by atoms with van der Waals surface area (Å²) in [6.07, 6.45) is 4.91. The van der Waals surface area contributed by atoms with Crippen LogP contribution in [0, 0.1) is 16.0 Å². The highest BCUT2D eigenvalue weighted by Crippen LogP contribution is 2.42. The zero-order valence-electron chi connectivity index (χ0n) is 24.9. The van der Waals surface area contributed by atoms with Crippen molar-refractivity contribution in [2.24, 2.45) is 5.92 Å². The van der Waals surface area contributed by atoms with Crippen molar-refractivity contribution in [3.63, 3.8) is 0 Å². The first-order valence-electron chi connectivity index (χ1n) is 14.7. The number of amides is 3. The van der Waals surface area contributed by atoms with E-state index >= 15 is 0 Å². The number of carbonyl (C=O) groups excluding carboxylic acids is 2. The molecule has 2 aliphatic rings. The zero-order chi connectivity index (χ0) is 30.2. The number of carbonyl (C=O) groups is 2. The van der Waals surface area contributed by atoms with Gasteiger partial charge in [0.2, 0.25) is 0 Å². The third-order valence-corrected chi connectivity index (χ3v) is 8.69. The number of rotatable bonds is 10. The van der Waals surface area contributed by atoms with Gasteiger partial charge in [0.15, 0.2) is 0 Å². The van der Waals surface area contributed by atoms with Gasteiger partial charge in [0, 0.05) is 71.5 Å². The van der Waals surface area contributed by atoms with Gasteiger partial charge in [0.05, 0.1) is 4.92 Å². The number of ether oxygens (including phenoxy) is 1. The minimum absolute atomic E-state index is 0.00223. The number of nitro groups is 1. The largest absolute Gasteiger partial charge is 0.445 e. The lowest BCUT2D eigenvalue weighted by Gasteiger charge is -2.39. The van der Waals surface area contributed by atoms with Gasteiger partial charge in [-0.1, -0.05) is 36.4 Å².